The summed E-state index contributed by atoms with van der Waals surface area (Å²) in [5.74, 6) is 0.256. The number of aromatic hydroxyl groups is 1. The smallest absolute Gasteiger partial charge is 0.136 e. The van der Waals surface area contributed by atoms with Crippen LogP contribution in [-0.4, -0.2) is 5.11 Å². The number of fused-ring (bicyclic) bond motifs is 2. The van der Waals surface area contributed by atoms with E-state index in [4.69, 9.17) is 0 Å². The molecule has 0 aromatic heterocycles. The van der Waals surface area contributed by atoms with Crippen LogP contribution in [0.3, 0.4) is 0 Å². The average molecular weight is 226 g/mol. The molecule has 0 aliphatic rings. The Labute approximate surface area is 98.7 Å². The van der Waals surface area contributed by atoms with Crippen molar-refractivity contribution < 1.29 is 5.11 Å². The van der Waals surface area contributed by atoms with E-state index in [2.05, 4.69) is 24.8 Å². The van der Waals surface area contributed by atoms with Crippen molar-refractivity contribution in [3.8, 4) is 5.75 Å². The Balaban J connectivity index is 2.51. The van der Waals surface area contributed by atoms with Crippen LogP contribution in [0.25, 0.3) is 21.5 Å². The summed E-state index contributed by atoms with van der Waals surface area (Å²) in [7, 11) is 0. The normalized spacial score (nSPS) is 11.1. The minimum absolute atomic E-state index is 0.256. The van der Waals surface area contributed by atoms with Crippen molar-refractivity contribution in [2.75, 3.05) is 0 Å². The van der Waals surface area contributed by atoms with E-state index in [1.807, 2.05) is 36.4 Å². The van der Waals surface area contributed by atoms with E-state index < -0.39 is 0 Å². The monoisotopic (exact) mass is 226 g/mol. The molecule has 78 valence electrons. The van der Waals surface area contributed by atoms with Gasteiger partial charge in [-0.05, 0) is 34.4 Å². The van der Waals surface area contributed by atoms with Gasteiger partial charge in [0.1, 0.15) is 5.75 Å². The van der Waals surface area contributed by atoms with Gasteiger partial charge in [0.05, 0.1) is 0 Å². The largest absolute Gasteiger partial charge is 0.506 e. The molecule has 0 saturated carbocycles. The molecule has 0 amide bonds. The van der Waals surface area contributed by atoms with Crippen molar-refractivity contribution in [3.05, 3.63) is 48.5 Å². The molecular formula is C14H10OS. The Hall–Kier alpha value is -1.67. The fourth-order valence-corrected chi connectivity index (χ4v) is 2.18. The molecule has 1 nitrogen and oxygen atoms in total. The maximum absolute atomic E-state index is 9.94. The fraction of sp³-hybridized carbons (Fsp3) is 0. The van der Waals surface area contributed by atoms with Gasteiger partial charge in [0.2, 0.25) is 0 Å². The molecule has 16 heavy (non-hydrogen) atoms. The molecule has 0 fully saturated rings. The zero-order valence-electron chi connectivity index (χ0n) is 8.51. The number of hydrogen-bond donors (Lipinski definition) is 2. The Bertz CT molecular complexity index is 689. The van der Waals surface area contributed by atoms with Crippen molar-refractivity contribution >= 4 is 34.2 Å². The molecule has 0 heterocycles. The molecule has 0 spiro atoms. The van der Waals surface area contributed by atoms with Gasteiger partial charge < -0.3 is 5.11 Å². The molecule has 0 radical (unpaired) electrons. The van der Waals surface area contributed by atoms with Crippen LogP contribution in [0, 0.1) is 0 Å². The lowest BCUT2D eigenvalue weighted by Gasteiger charge is -2.05. The van der Waals surface area contributed by atoms with Crippen LogP contribution in [-0.2, 0) is 0 Å². The van der Waals surface area contributed by atoms with Crippen LogP contribution < -0.4 is 0 Å². The van der Waals surface area contributed by atoms with Crippen LogP contribution in [0.2, 0.25) is 0 Å². The van der Waals surface area contributed by atoms with Crippen molar-refractivity contribution in [2.45, 2.75) is 4.90 Å². The third kappa shape index (κ3) is 1.34. The van der Waals surface area contributed by atoms with Gasteiger partial charge in [-0.1, -0.05) is 30.3 Å². The Morgan fingerprint density at radius 1 is 0.812 bits per heavy atom. The third-order valence-corrected chi connectivity index (χ3v) is 3.20. The molecule has 0 saturated heterocycles. The maximum atomic E-state index is 9.94. The molecule has 2 heteroatoms. The molecule has 0 atom stereocenters. The van der Waals surface area contributed by atoms with Crippen molar-refractivity contribution in [1.29, 1.82) is 0 Å². The summed E-state index contributed by atoms with van der Waals surface area (Å²) >= 11 is 4.22. The molecule has 3 rings (SSSR count). The topological polar surface area (TPSA) is 20.2 Å². The third-order valence-electron chi connectivity index (χ3n) is 2.84. The lowest BCUT2D eigenvalue weighted by atomic mass is 10.0. The fourth-order valence-electron chi connectivity index (χ4n) is 1.99. The quantitative estimate of drug-likeness (QED) is 0.438. The summed E-state index contributed by atoms with van der Waals surface area (Å²) in [6.45, 7) is 0. The first kappa shape index (κ1) is 9.55. The van der Waals surface area contributed by atoms with E-state index in [0.717, 1.165) is 16.2 Å². The molecule has 3 aromatic rings. The minimum atomic E-state index is 0.256. The SMILES string of the molecule is Oc1c(S)ccc2cc3ccccc3cc12. The zero-order chi connectivity index (χ0) is 11.1. The van der Waals surface area contributed by atoms with E-state index >= 15 is 0 Å². The number of benzene rings is 3. The molecule has 1 N–H and O–H groups in total. The summed E-state index contributed by atoms with van der Waals surface area (Å²) in [5.41, 5.74) is 0. The van der Waals surface area contributed by atoms with Crippen molar-refractivity contribution in [1.82, 2.24) is 0 Å². The Morgan fingerprint density at radius 2 is 1.50 bits per heavy atom. The predicted molar refractivity (Wildman–Crippen MR) is 70.4 cm³/mol. The van der Waals surface area contributed by atoms with Crippen LogP contribution in [0.4, 0.5) is 0 Å². The molecule has 3 aromatic carbocycles. The van der Waals surface area contributed by atoms with E-state index in [1.165, 1.54) is 5.39 Å². The highest BCUT2D eigenvalue weighted by Crippen LogP contribution is 2.33. The number of thiol groups is 1. The van der Waals surface area contributed by atoms with Crippen LogP contribution in [0.15, 0.2) is 53.4 Å². The Morgan fingerprint density at radius 3 is 2.25 bits per heavy atom. The molecule has 0 bridgehead atoms. The van der Waals surface area contributed by atoms with E-state index in [-0.39, 0.29) is 5.75 Å². The van der Waals surface area contributed by atoms with Gasteiger partial charge in [0.25, 0.3) is 0 Å². The highest BCUT2D eigenvalue weighted by Gasteiger charge is 2.04. The second kappa shape index (κ2) is 3.42. The van der Waals surface area contributed by atoms with Gasteiger partial charge >= 0.3 is 0 Å². The van der Waals surface area contributed by atoms with Gasteiger partial charge in [0.15, 0.2) is 0 Å². The zero-order valence-corrected chi connectivity index (χ0v) is 9.41. The number of phenols is 1. The lowest BCUT2D eigenvalue weighted by molar-refractivity contribution is 0.469. The average Bonchev–Trinajstić information content (AvgIpc) is 2.32. The highest BCUT2D eigenvalue weighted by molar-refractivity contribution is 7.80. The van der Waals surface area contributed by atoms with Gasteiger partial charge in [-0.3, -0.25) is 0 Å². The van der Waals surface area contributed by atoms with Gasteiger partial charge in [-0.25, -0.2) is 0 Å². The first-order chi connectivity index (χ1) is 7.75. The van der Waals surface area contributed by atoms with Crippen LogP contribution >= 0.6 is 12.6 Å². The predicted octanol–water partition coefficient (Wildman–Crippen LogP) is 3.99. The molecule has 0 aliphatic carbocycles. The lowest BCUT2D eigenvalue weighted by Crippen LogP contribution is -1.78. The molecule has 0 unspecified atom stereocenters. The Kier molecular flexibility index (Phi) is 2.04. The van der Waals surface area contributed by atoms with Gasteiger partial charge in [0, 0.05) is 10.3 Å². The number of phenolic OH excluding ortho intramolecular Hbond substituents is 1. The first-order valence-electron chi connectivity index (χ1n) is 5.09. The second-order valence-corrected chi connectivity index (χ2v) is 4.34. The van der Waals surface area contributed by atoms with Crippen LogP contribution in [0.5, 0.6) is 5.75 Å². The summed E-state index contributed by atoms with van der Waals surface area (Å²) in [6, 6.07) is 16.0. The van der Waals surface area contributed by atoms with Gasteiger partial charge in [-0.2, -0.15) is 0 Å². The van der Waals surface area contributed by atoms with E-state index in [0.29, 0.717) is 4.90 Å². The number of rotatable bonds is 0. The summed E-state index contributed by atoms with van der Waals surface area (Å²) < 4.78 is 0. The summed E-state index contributed by atoms with van der Waals surface area (Å²) in [6.07, 6.45) is 0. The van der Waals surface area contributed by atoms with Gasteiger partial charge in [-0.15, -0.1) is 12.6 Å². The summed E-state index contributed by atoms with van der Waals surface area (Å²) in [4.78, 5) is 0.614. The molecule has 0 aliphatic heterocycles. The van der Waals surface area contributed by atoms with Crippen molar-refractivity contribution in [3.63, 3.8) is 0 Å². The van der Waals surface area contributed by atoms with Crippen molar-refractivity contribution in [2.24, 2.45) is 0 Å². The van der Waals surface area contributed by atoms with Crippen LogP contribution in [0.1, 0.15) is 0 Å². The molecular weight excluding hydrogens is 216 g/mol. The minimum Gasteiger partial charge on any atom is -0.506 e. The van der Waals surface area contributed by atoms with E-state index in [9.17, 15) is 5.11 Å². The maximum Gasteiger partial charge on any atom is 0.136 e. The highest BCUT2D eigenvalue weighted by atomic mass is 32.1. The number of hydrogen-bond acceptors (Lipinski definition) is 2. The summed E-state index contributed by atoms with van der Waals surface area (Å²) in [5, 5.41) is 14.1. The standard InChI is InChI=1S/C14H10OS/c15-14-12-8-10-4-2-1-3-9(10)7-11(12)5-6-13(14)16/h1-8,15-16H. The second-order valence-electron chi connectivity index (χ2n) is 3.85. The van der Waals surface area contributed by atoms with E-state index in [1.54, 1.807) is 0 Å². The first-order valence-corrected chi connectivity index (χ1v) is 5.54.